The van der Waals surface area contributed by atoms with Gasteiger partial charge in [0.1, 0.15) is 0 Å². The normalized spacial score (nSPS) is 10.9. The molecular weight excluding hydrogens is 230 g/mol. The molecule has 18 heavy (non-hydrogen) atoms. The van der Waals surface area contributed by atoms with Crippen LogP contribution in [0.25, 0.3) is 0 Å². The minimum atomic E-state index is -0.184. The van der Waals surface area contributed by atoms with Gasteiger partial charge in [-0.1, -0.05) is 19.0 Å². The molecule has 1 amide bonds. The van der Waals surface area contributed by atoms with Crippen molar-refractivity contribution in [3.8, 4) is 0 Å². The average molecular weight is 253 g/mol. The van der Waals surface area contributed by atoms with E-state index in [0.29, 0.717) is 18.2 Å². The van der Waals surface area contributed by atoms with Crippen LogP contribution in [0.4, 0.5) is 0 Å². The van der Waals surface area contributed by atoms with Crippen molar-refractivity contribution >= 4 is 5.91 Å². The van der Waals surface area contributed by atoms with Crippen molar-refractivity contribution in [3.05, 3.63) is 17.5 Å². The number of nitrogens with one attached hydrogen (secondary N) is 2. The van der Waals surface area contributed by atoms with Gasteiger partial charge < -0.3 is 15.2 Å². The van der Waals surface area contributed by atoms with Gasteiger partial charge >= 0.3 is 0 Å². The van der Waals surface area contributed by atoms with Crippen LogP contribution in [0, 0.1) is 0 Å². The Morgan fingerprint density at radius 2 is 2.11 bits per heavy atom. The average Bonchev–Trinajstić information content (AvgIpc) is 2.86. The summed E-state index contributed by atoms with van der Waals surface area (Å²) in [6, 6.07) is 1.76. The van der Waals surface area contributed by atoms with Gasteiger partial charge in [-0.25, -0.2) is 0 Å². The monoisotopic (exact) mass is 253 g/mol. The van der Waals surface area contributed by atoms with Crippen molar-refractivity contribution in [2.24, 2.45) is 0 Å². The Morgan fingerprint density at radius 1 is 1.39 bits per heavy atom. The van der Waals surface area contributed by atoms with Crippen molar-refractivity contribution < 1.29 is 9.32 Å². The summed E-state index contributed by atoms with van der Waals surface area (Å²) in [5.74, 6) is 0.497. The highest BCUT2D eigenvalue weighted by Gasteiger charge is 2.16. The minimum absolute atomic E-state index is 0.184. The first-order valence-corrected chi connectivity index (χ1v) is 6.62. The second kappa shape index (κ2) is 7.87. The Balaban J connectivity index is 2.49. The van der Waals surface area contributed by atoms with Crippen LogP contribution in [0.2, 0.25) is 0 Å². The first kappa shape index (κ1) is 14.7. The summed E-state index contributed by atoms with van der Waals surface area (Å²) >= 11 is 0. The molecule has 0 spiro atoms. The van der Waals surface area contributed by atoms with Crippen molar-refractivity contribution in [1.29, 1.82) is 0 Å². The molecule has 0 atom stereocenters. The fourth-order valence-electron chi connectivity index (χ4n) is 1.85. The van der Waals surface area contributed by atoms with Crippen LogP contribution in [-0.2, 0) is 0 Å². The Bertz CT molecular complexity index is 359. The van der Waals surface area contributed by atoms with Gasteiger partial charge in [0.15, 0.2) is 0 Å². The van der Waals surface area contributed by atoms with E-state index < -0.39 is 0 Å². The molecule has 2 N–H and O–H groups in total. The third-order valence-corrected chi connectivity index (χ3v) is 3.05. The summed E-state index contributed by atoms with van der Waals surface area (Å²) in [6.07, 6.45) is 2.91. The highest BCUT2D eigenvalue weighted by molar-refractivity contribution is 5.91. The minimum Gasteiger partial charge on any atom is -0.351 e. The molecule has 0 aliphatic carbocycles. The molecule has 0 aromatic carbocycles. The molecule has 0 unspecified atom stereocenters. The lowest BCUT2D eigenvalue weighted by atomic mass is 9.99. The molecule has 0 radical (unpaired) electrons. The van der Waals surface area contributed by atoms with Crippen LogP contribution in [0.5, 0.6) is 0 Å². The van der Waals surface area contributed by atoms with E-state index in [-0.39, 0.29) is 5.91 Å². The summed E-state index contributed by atoms with van der Waals surface area (Å²) in [5.41, 5.74) is 0.875. The molecule has 0 saturated heterocycles. The van der Waals surface area contributed by atoms with Gasteiger partial charge in [-0.3, -0.25) is 4.79 Å². The van der Waals surface area contributed by atoms with E-state index in [1.54, 1.807) is 6.07 Å². The maximum absolute atomic E-state index is 11.8. The maximum Gasteiger partial charge on any atom is 0.289 e. The number of amides is 1. The number of aromatic nitrogens is 1. The van der Waals surface area contributed by atoms with Crippen LogP contribution in [0.1, 0.15) is 55.3 Å². The third-order valence-electron chi connectivity index (χ3n) is 3.05. The number of carbonyl (C=O) groups is 1. The van der Waals surface area contributed by atoms with E-state index in [4.69, 9.17) is 4.52 Å². The van der Waals surface area contributed by atoms with E-state index >= 15 is 0 Å². The summed E-state index contributed by atoms with van der Waals surface area (Å²) < 4.78 is 5.09. The van der Waals surface area contributed by atoms with E-state index in [1.807, 2.05) is 7.05 Å². The molecule has 1 heterocycles. The van der Waals surface area contributed by atoms with Gasteiger partial charge in [0.05, 0.1) is 5.69 Å². The molecule has 0 saturated carbocycles. The molecule has 1 rings (SSSR count). The Hall–Kier alpha value is -1.36. The van der Waals surface area contributed by atoms with Gasteiger partial charge in [0, 0.05) is 18.5 Å². The highest BCUT2D eigenvalue weighted by Crippen LogP contribution is 2.22. The first-order valence-electron chi connectivity index (χ1n) is 6.62. The number of hydrogen-bond acceptors (Lipinski definition) is 4. The lowest BCUT2D eigenvalue weighted by Gasteiger charge is -2.05. The molecule has 1 aromatic rings. The summed E-state index contributed by atoms with van der Waals surface area (Å²) in [7, 11) is 1.89. The number of nitrogens with zero attached hydrogens (tertiary/aromatic N) is 1. The first-order chi connectivity index (χ1) is 8.72. The predicted octanol–water partition coefficient (Wildman–Crippen LogP) is 1.92. The second-order valence-electron chi connectivity index (χ2n) is 4.34. The van der Waals surface area contributed by atoms with Crippen LogP contribution < -0.4 is 10.6 Å². The molecule has 0 fully saturated rings. The van der Waals surface area contributed by atoms with Crippen molar-refractivity contribution in [3.63, 3.8) is 0 Å². The Labute approximate surface area is 108 Å². The standard InChI is InChI=1S/C13H23N3O2/c1-4-10(5-2)11-9-12(18-16-11)13(17)15-8-6-7-14-3/h9-10,14H,4-8H2,1-3H3,(H,15,17). The highest BCUT2D eigenvalue weighted by atomic mass is 16.5. The molecular formula is C13H23N3O2. The van der Waals surface area contributed by atoms with Crippen molar-refractivity contribution in [2.75, 3.05) is 20.1 Å². The smallest absolute Gasteiger partial charge is 0.289 e. The fourth-order valence-corrected chi connectivity index (χ4v) is 1.85. The number of hydrogen-bond donors (Lipinski definition) is 2. The lowest BCUT2D eigenvalue weighted by molar-refractivity contribution is 0.0916. The fraction of sp³-hybridized carbons (Fsp3) is 0.692. The summed E-state index contributed by atoms with van der Waals surface area (Å²) in [4.78, 5) is 11.8. The molecule has 1 aromatic heterocycles. The van der Waals surface area contributed by atoms with Crippen LogP contribution in [0.15, 0.2) is 10.6 Å². The SMILES string of the molecule is CCC(CC)c1cc(C(=O)NCCCNC)on1. The molecule has 102 valence electrons. The zero-order chi connectivity index (χ0) is 13.4. The molecule has 0 aliphatic heterocycles. The lowest BCUT2D eigenvalue weighted by Crippen LogP contribution is -2.26. The van der Waals surface area contributed by atoms with Gasteiger partial charge in [0.2, 0.25) is 5.76 Å². The number of carbonyl (C=O) groups excluding carboxylic acids is 1. The zero-order valence-corrected chi connectivity index (χ0v) is 11.5. The van der Waals surface area contributed by atoms with Gasteiger partial charge in [-0.2, -0.15) is 0 Å². The Morgan fingerprint density at radius 3 is 2.72 bits per heavy atom. The largest absolute Gasteiger partial charge is 0.351 e. The van der Waals surface area contributed by atoms with Crippen LogP contribution in [-0.4, -0.2) is 31.2 Å². The molecule has 5 nitrogen and oxygen atoms in total. The third kappa shape index (κ3) is 4.14. The van der Waals surface area contributed by atoms with Gasteiger partial charge in [0.25, 0.3) is 5.91 Å². The molecule has 0 bridgehead atoms. The quantitative estimate of drug-likeness (QED) is 0.695. The molecule has 0 aliphatic rings. The van der Waals surface area contributed by atoms with Crippen LogP contribution >= 0.6 is 0 Å². The van der Waals surface area contributed by atoms with Crippen LogP contribution in [0.3, 0.4) is 0 Å². The summed E-state index contributed by atoms with van der Waals surface area (Å²) in [6.45, 7) is 5.75. The van der Waals surface area contributed by atoms with Crippen molar-refractivity contribution in [2.45, 2.75) is 39.0 Å². The topological polar surface area (TPSA) is 67.2 Å². The summed E-state index contributed by atoms with van der Waals surface area (Å²) in [5, 5.41) is 9.81. The number of rotatable bonds is 8. The van der Waals surface area contributed by atoms with E-state index in [1.165, 1.54) is 0 Å². The van der Waals surface area contributed by atoms with E-state index in [2.05, 4.69) is 29.6 Å². The van der Waals surface area contributed by atoms with E-state index in [9.17, 15) is 4.79 Å². The Kier molecular flexibility index (Phi) is 6.43. The maximum atomic E-state index is 11.8. The second-order valence-corrected chi connectivity index (χ2v) is 4.34. The zero-order valence-electron chi connectivity index (χ0n) is 11.5. The predicted molar refractivity (Wildman–Crippen MR) is 70.7 cm³/mol. The molecule has 5 heteroatoms. The van der Waals surface area contributed by atoms with E-state index in [0.717, 1.165) is 31.5 Å². The van der Waals surface area contributed by atoms with Crippen molar-refractivity contribution in [1.82, 2.24) is 15.8 Å². The van der Waals surface area contributed by atoms with Gasteiger partial charge in [-0.05, 0) is 32.9 Å². The van der Waals surface area contributed by atoms with Gasteiger partial charge in [-0.15, -0.1) is 0 Å².